The quantitative estimate of drug-likeness (QED) is 0.759. The SMILES string of the molecule is Cc1cc(C(N)Cc2cccc(Br)c2)nc2ccccc12. The van der Waals surface area contributed by atoms with E-state index in [0.29, 0.717) is 0 Å². The number of benzene rings is 2. The molecule has 0 aliphatic carbocycles. The molecule has 3 heteroatoms. The third-order valence-corrected chi connectivity index (χ3v) is 4.16. The van der Waals surface area contributed by atoms with Gasteiger partial charge in [-0.3, -0.25) is 4.98 Å². The van der Waals surface area contributed by atoms with Gasteiger partial charge in [-0.15, -0.1) is 0 Å². The predicted octanol–water partition coefficient (Wildman–Crippen LogP) is 4.55. The first-order valence-corrected chi connectivity index (χ1v) is 7.79. The second kappa shape index (κ2) is 5.96. The lowest BCUT2D eigenvalue weighted by molar-refractivity contribution is 0.699. The minimum absolute atomic E-state index is 0.0948. The first-order chi connectivity index (χ1) is 10.1. The molecule has 3 aromatic rings. The Morgan fingerprint density at radius 1 is 1.10 bits per heavy atom. The van der Waals surface area contributed by atoms with Crippen LogP contribution in [-0.2, 0) is 6.42 Å². The minimum atomic E-state index is -0.0948. The van der Waals surface area contributed by atoms with Gasteiger partial charge in [0.25, 0.3) is 0 Å². The van der Waals surface area contributed by atoms with Crippen molar-refractivity contribution in [1.82, 2.24) is 4.98 Å². The molecule has 0 saturated carbocycles. The van der Waals surface area contributed by atoms with E-state index < -0.39 is 0 Å². The molecule has 0 spiro atoms. The van der Waals surface area contributed by atoms with E-state index in [4.69, 9.17) is 10.7 Å². The maximum absolute atomic E-state index is 6.36. The van der Waals surface area contributed by atoms with Crippen LogP contribution in [0.4, 0.5) is 0 Å². The zero-order chi connectivity index (χ0) is 14.8. The Bertz CT molecular complexity index is 783. The monoisotopic (exact) mass is 340 g/mol. The third-order valence-electron chi connectivity index (χ3n) is 3.67. The summed E-state index contributed by atoms with van der Waals surface area (Å²) in [6.45, 7) is 2.11. The van der Waals surface area contributed by atoms with E-state index in [0.717, 1.165) is 22.1 Å². The number of aromatic nitrogens is 1. The summed E-state index contributed by atoms with van der Waals surface area (Å²) in [6, 6.07) is 18.5. The number of pyridine rings is 1. The summed E-state index contributed by atoms with van der Waals surface area (Å²) in [5, 5.41) is 1.19. The number of para-hydroxylation sites is 1. The van der Waals surface area contributed by atoms with Crippen LogP contribution in [0.5, 0.6) is 0 Å². The van der Waals surface area contributed by atoms with Crippen LogP contribution in [0.15, 0.2) is 59.1 Å². The molecule has 0 amide bonds. The molecule has 0 radical (unpaired) electrons. The fraction of sp³-hybridized carbons (Fsp3) is 0.167. The van der Waals surface area contributed by atoms with Gasteiger partial charge in [0.05, 0.1) is 17.3 Å². The van der Waals surface area contributed by atoms with E-state index in [1.807, 2.05) is 30.3 Å². The van der Waals surface area contributed by atoms with Gasteiger partial charge in [0, 0.05) is 9.86 Å². The van der Waals surface area contributed by atoms with Gasteiger partial charge >= 0.3 is 0 Å². The number of halogens is 1. The lowest BCUT2D eigenvalue weighted by atomic mass is 10.0. The highest BCUT2D eigenvalue weighted by Crippen LogP contribution is 2.22. The summed E-state index contributed by atoms with van der Waals surface area (Å²) >= 11 is 3.50. The second-order valence-electron chi connectivity index (χ2n) is 5.32. The molecule has 2 aromatic carbocycles. The highest BCUT2D eigenvalue weighted by atomic mass is 79.9. The van der Waals surface area contributed by atoms with Gasteiger partial charge in [0.2, 0.25) is 0 Å². The average Bonchev–Trinajstić information content (AvgIpc) is 2.47. The number of nitrogens with zero attached hydrogens (tertiary/aromatic N) is 1. The van der Waals surface area contributed by atoms with Crippen LogP contribution in [-0.4, -0.2) is 4.98 Å². The summed E-state index contributed by atoms with van der Waals surface area (Å²) in [4.78, 5) is 4.72. The molecule has 0 saturated heterocycles. The van der Waals surface area contributed by atoms with Crippen molar-refractivity contribution >= 4 is 26.8 Å². The Labute approximate surface area is 133 Å². The highest BCUT2D eigenvalue weighted by Gasteiger charge is 2.11. The zero-order valence-corrected chi connectivity index (χ0v) is 13.5. The van der Waals surface area contributed by atoms with Crippen LogP contribution in [0.3, 0.4) is 0 Å². The Hall–Kier alpha value is -1.71. The van der Waals surface area contributed by atoms with Crippen LogP contribution in [0.2, 0.25) is 0 Å². The number of rotatable bonds is 3. The van der Waals surface area contributed by atoms with E-state index in [2.05, 4.69) is 47.1 Å². The van der Waals surface area contributed by atoms with Crippen molar-refractivity contribution < 1.29 is 0 Å². The van der Waals surface area contributed by atoms with Crippen LogP contribution in [0.25, 0.3) is 10.9 Å². The largest absolute Gasteiger partial charge is 0.322 e. The zero-order valence-electron chi connectivity index (χ0n) is 11.9. The van der Waals surface area contributed by atoms with Gasteiger partial charge < -0.3 is 5.73 Å². The smallest absolute Gasteiger partial charge is 0.0708 e. The van der Waals surface area contributed by atoms with Crippen molar-refractivity contribution in [2.24, 2.45) is 5.73 Å². The van der Waals surface area contributed by atoms with Crippen molar-refractivity contribution in [3.8, 4) is 0 Å². The van der Waals surface area contributed by atoms with Crippen LogP contribution >= 0.6 is 15.9 Å². The third kappa shape index (κ3) is 3.14. The van der Waals surface area contributed by atoms with Crippen LogP contribution in [0, 0.1) is 6.92 Å². The van der Waals surface area contributed by atoms with Crippen molar-refractivity contribution in [2.75, 3.05) is 0 Å². The van der Waals surface area contributed by atoms with E-state index in [-0.39, 0.29) is 6.04 Å². The average molecular weight is 341 g/mol. The molecular formula is C18H17BrN2. The van der Waals surface area contributed by atoms with Crippen LogP contribution in [0.1, 0.15) is 22.9 Å². The molecule has 1 aromatic heterocycles. The fourth-order valence-corrected chi connectivity index (χ4v) is 3.03. The normalized spacial score (nSPS) is 12.5. The van der Waals surface area contributed by atoms with Crippen molar-refractivity contribution in [2.45, 2.75) is 19.4 Å². The predicted molar refractivity (Wildman–Crippen MR) is 91.3 cm³/mol. The minimum Gasteiger partial charge on any atom is -0.322 e. The molecular weight excluding hydrogens is 324 g/mol. The molecule has 1 heterocycles. The molecule has 1 atom stereocenters. The van der Waals surface area contributed by atoms with E-state index in [1.165, 1.54) is 16.5 Å². The standard InChI is InChI=1S/C18H17BrN2/c1-12-9-18(21-17-8-3-2-7-15(12)17)16(20)11-13-5-4-6-14(19)10-13/h2-10,16H,11,20H2,1H3. The number of hydrogen-bond acceptors (Lipinski definition) is 2. The van der Waals surface area contributed by atoms with Crippen LogP contribution < -0.4 is 5.73 Å². The molecule has 0 aliphatic rings. The second-order valence-corrected chi connectivity index (χ2v) is 6.24. The lowest BCUT2D eigenvalue weighted by Crippen LogP contribution is -2.15. The number of fused-ring (bicyclic) bond motifs is 1. The fourth-order valence-electron chi connectivity index (χ4n) is 2.59. The molecule has 2 N–H and O–H groups in total. The van der Waals surface area contributed by atoms with Gasteiger partial charge in [-0.05, 0) is 48.7 Å². The van der Waals surface area contributed by atoms with Gasteiger partial charge in [-0.1, -0.05) is 46.3 Å². The summed E-state index contributed by atoms with van der Waals surface area (Å²) in [6.07, 6.45) is 0.782. The van der Waals surface area contributed by atoms with Gasteiger partial charge in [0.1, 0.15) is 0 Å². The Kier molecular flexibility index (Phi) is 4.04. The van der Waals surface area contributed by atoms with Gasteiger partial charge in [-0.25, -0.2) is 0 Å². The molecule has 3 rings (SSSR count). The summed E-state index contributed by atoms with van der Waals surface area (Å²) in [5.74, 6) is 0. The first kappa shape index (κ1) is 14.2. The topological polar surface area (TPSA) is 38.9 Å². The van der Waals surface area contributed by atoms with E-state index in [9.17, 15) is 0 Å². The highest BCUT2D eigenvalue weighted by molar-refractivity contribution is 9.10. The summed E-state index contributed by atoms with van der Waals surface area (Å²) in [5.41, 5.74) is 10.8. The van der Waals surface area contributed by atoms with Gasteiger partial charge in [-0.2, -0.15) is 0 Å². The molecule has 2 nitrogen and oxygen atoms in total. The van der Waals surface area contributed by atoms with Gasteiger partial charge in [0.15, 0.2) is 0 Å². The van der Waals surface area contributed by atoms with Crippen molar-refractivity contribution in [3.05, 3.63) is 75.9 Å². The molecule has 0 bridgehead atoms. The maximum atomic E-state index is 6.36. The summed E-state index contributed by atoms with van der Waals surface area (Å²) < 4.78 is 1.08. The Balaban J connectivity index is 1.92. The van der Waals surface area contributed by atoms with Crippen molar-refractivity contribution in [1.29, 1.82) is 0 Å². The number of nitrogens with two attached hydrogens (primary N) is 1. The van der Waals surface area contributed by atoms with Crippen molar-refractivity contribution in [3.63, 3.8) is 0 Å². The molecule has 0 aliphatic heterocycles. The molecule has 0 fully saturated rings. The summed E-state index contributed by atoms with van der Waals surface area (Å²) in [7, 11) is 0. The number of hydrogen-bond donors (Lipinski definition) is 1. The van der Waals surface area contributed by atoms with E-state index in [1.54, 1.807) is 0 Å². The number of aryl methyl sites for hydroxylation is 1. The molecule has 21 heavy (non-hydrogen) atoms. The van der Waals surface area contributed by atoms with E-state index >= 15 is 0 Å². The molecule has 106 valence electrons. The lowest BCUT2D eigenvalue weighted by Gasteiger charge is -2.14. The Morgan fingerprint density at radius 2 is 1.90 bits per heavy atom. The molecule has 1 unspecified atom stereocenters. The first-order valence-electron chi connectivity index (χ1n) is 7.00. The maximum Gasteiger partial charge on any atom is 0.0708 e. The Morgan fingerprint density at radius 3 is 2.71 bits per heavy atom.